The van der Waals surface area contributed by atoms with E-state index in [1.54, 1.807) is 7.11 Å². The van der Waals surface area contributed by atoms with Gasteiger partial charge in [0.2, 0.25) is 10.0 Å². The Hall–Kier alpha value is -1.11. The number of sulfonamides is 1. The number of hydrogen-bond donors (Lipinski definition) is 2. The fourth-order valence-electron chi connectivity index (χ4n) is 1.65. The zero-order valence-electron chi connectivity index (χ0n) is 11.3. The first-order valence-corrected chi connectivity index (χ1v) is 8.03. The second kappa shape index (κ2) is 8.14. The van der Waals surface area contributed by atoms with Gasteiger partial charge in [0.1, 0.15) is 5.75 Å². The van der Waals surface area contributed by atoms with Gasteiger partial charge in [-0.2, -0.15) is 0 Å². The van der Waals surface area contributed by atoms with Crippen LogP contribution in [-0.4, -0.2) is 34.4 Å². The highest BCUT2D eigenvalue weighted by Crippen LogP contribution is 2.11. The number of nitrogens with one attached hydrogen (secondary N) is 1. The summed E-state index contributed by atoms with van der Waals surface area (Å²) in [6.45, 7) is 0.943. The topological polar surface area (TPSA) is 81.4 Å². The van der Waals surface area contributed by atoms with Gasteiger partial charge in [0, 0.05) is 6.54 Å². The highest BCUT2D eigenvalue weighted by atomic mass is 32.2. The Balaban J connectivity index is 2.32. The van der Waals surface area contributed by atoms with E-state index in [4.69, 9.17) is 10.5 Å². The fourth-order valence-corrected chi connectivity index (χ4v) is 2.79. The van der Waals surface area contributed by atoms with Crippen molar-refractivity contribution in [3.63, 3.8) is 0 Å². The molecular formula is C13H22N2O3S. The Kier molecular flexibility index (Phi) is 6.83. The van der Waals surface area contributed by atoms with Gasteiger partial charge >= 0.3 is 0 Å². The van der Waals surface area contributed by atoms with Crippen molar-refractivity contribution in [2.24, 2.45) is 5.73 Å². The molecule has 0 heterocycles. The van der Waals surface area contributed by atoms with Crippen molar-refractivity contribution < 1.29 is 13.2 Å². The molecule has 19 heavy (non-hydrogen) atoms. The first kappa shape index (κ1) is 15.9. The van der Waals surface area contributed by atoms with Crippen LogP contribution in [0.25, 0.3) is 0 Å². The molecule has 5 nitrogen and oxygen atoms in total. The van der Waals surface area contributed by atoms with Gasteiger partial charge in [-0.3, -0.25) is 0 Å². The van der Waals surface area contributed by atoms with Gasteiger partial charge in [0.05, 0.1) is 12.9 Å². The molecule has 0 atom stereocenters. The first-order valence-electron chi connectivity index (χ1n) is 6.38. The van der Waals surface area contributed by atoms with Crippen molar-refractivity contribution in [3.8, 4) is 5.75 Å². The summed E-state index contributed by atoms with van der Waals surface area (Å²) < 4.78 is 30.9. The summed E-state index contributed by atoms with van der Waals surface area (Å²) in [6.07, 6.45) is 2.01. The maximum absolute atomic E-state index is 11.6. The van der Waals surface area contributed by atoms with Crippen molar-refractivity contribution in [1.82, 2.24) is 4.72 Å². The third kappa shape index (κ3) is 6.56. The molecule has 0 fully saturated rings. The molecule has 6 heteroatoms. The van der Waals surface area contributed by atoms with Crippen LogP contribution in [0.3, 0.4) is 0 Å². The number of unbranched alkanes of at least 4 members (excludes halogenated alkanes) is 1. The van der Waals surface area contributed by atoms with Gasteiger partial charge in [0.25, 0.3) is 0 Å². The van der Waals surface area contributed by atoms with Gasteiger partial charge in [-0.25, -0.2) is 13.1 Å². The van der Waals surface area contributed by atoms with Crippen LogP contribution < -0.4 is 15.2 Å². The van der Waals surface area contributed by atoms with Gasteiger partial charge in [0.15, 0.2) is 0 Å². The number of nitrogens with two attached hydrogens (primary N) is 1. The van der Waals surface area contributed by atoms with Crippen molar-refractivity contribution in [3.05, 3.63) is 29.8 Å². The molecule has 0 radical (unpaired) electrons. The normalized spacial score (nSPS) is 11.5. The van der Waals surface area contributed by atoms with Gasteiger partial charge < -0.3 is 10.5 Å². The largest absolute Gasteiger partial charge is 0.497 e. The molecule has 3 N–H and O–H groups in total. The Labute approximate surface area is 115 Å². The summed E-state index contributed by atoms with van der Waals surface area (Å²) in [7, 11) is -1.55. The second-order valence-corrected chi connectivity index (χ2v) is 6.23. The van der Waals surface area contributed by atoms with E-state index in [1.165, 1.54) is 0 Å². The summed E-state index contributed by atoms with van der Waals surface area (Å²) in [5.41, 5.74) is 6.41. The third-order valence-electron chi connectivity index (χ3n) is 2.76. The lowest BCUT2D eigenvalue weighted by Gasteiger charge is -2.07. The molecule has 1 rings (SSSR count). The van der Waals surface area contributed by atoms with E-state index in [0.717, 1.165) is 17.7 Å². The SMILES string of the molecule is COc1ccc(CCNS(=O)(=O)CCCCN)cc1. The lowest BCUT2D eigenvalue weighted by molar-refractivity contribution is 0.414. The Morgan fingerprint density at radius 1 is 1.21 bits per heavy atom. The molecule has 0 amide bonds. The van der Waals surface area contributed by atoms with Crippen molar-refractivity contribution in [1.29, 1.82) is 0 Å². The first-order chi connectivity index (χ1) is 9.07. The zero-order chi connectivity index (χ0) is 14.1. The Morgan fingerprint density at radius 3 is 2.47 bits per heavy atom. The van der Waals surface area contributed by atoms with Crippen LogP contribution in [0.2, 0.25) is 0 Å². The number of hydrogen-bond acceptors (Lipinski definition) is 4. The summed E-state index contributed by atoms with van der Waals surface area (Å²) in [6, 6.07) is 7.60. The van der Waals surface area contributed by atoms with Crippen molar-refractivity contribution >= 4 is 10.0 Å². The average Bonchev–Trinajstić information content (AvgIpc) is 2.39. The molecule has 0 bridgehead atoms. The van der Waals surface area contributed by atoms with E-state index in [9.17, 15) is 8.42 Å². The summed E-state index contributed by atoms with van der Waals surface area (Å²) in [5.74, 6) is 0.943. The van der Waals surface area contributed by atoms with E-state index in [1.807, 2.05) is 24.3 Å². The molecule has 0 aromatic heterocycles. The van der Waals surface area contributed by atoms with Gasteiger partial charge in [-0.15, -0.1) is 0 Å². The minimum Gasteiger partial charge on any atom is -0.497 e. The molecule has 0 aliphatic carbocycles. The second-order valence-electron chi connectivity index (χ2n) is 4.31. The standard InChI is InChI=1S/C13H22N2O3S/c1-18-13-6-4-12(5-7-13)8-10-15-19(16,17)11-3-2-9-14/h4-7,15H,2-3,8-11,14H2,1H3. The van der Waals surface area contributed by atoms with Crippen LogP contribution in [0.1, 0.15) is 18.4 Å². The molecule has 0 spiro atoms. The molecule has 1 aromatic rings. The highest BCUT2D eigenvalue weighted by Gasteiger charge is 2.08. The molecule has 0 aliphatic heterocycles. The Bertz CT molecular complexity index is 457. The zero-order valence-corrected chi connectivity index (χ0v) is 12.1. The van der Waals surface area contributed by atoms with Gasteiger partial charge in [-0.1, -0.05) is 12.1 Å². The predicted molar refractivity (Wildman–Crippen MR) is 76.8 cm³/mol. The molecular weight excluding hydrogens is 264 g/mol. The minimum atomic E-state index is -3.17. The van der Waals surface area contributed by atoms with E-state index in [-0.39, 0.29) is 5.75 Å². The maximum Gasteiger partial charge on any atom is 0.211 e. The summed E-state index contributed by atoms with van der Waals surface area (Å²) in [4.78, 5) is 0. The lowest BCUT2D eigenvalue weighted by atomic mass is 10.1. The summed E-state index contributed by atoms with van der Waals surface area (Å²) >= 11 is 0. The molecule has 1 aromatic carbocycles. The quantitative estimate of drug-likeness (QED) is 0.661. The van der Waals surface area contributed by atoms with E-state index >= 15 is 0 Å². The Morgan fingerprint density at radius 2 is 1.89 bits per heavy atom. The van der Waals surface area contributed by atoms with E-state index < -0.39 is 10.0 Å². The van der Waals surface area contributed by atoms with Crippen molar-refractivity contribution in [2.45, 2.75) is 19.3 Å². The minimum absolute atomic E-state index is 0.146. The van der Waals surface area contributed by atoms with Crippen LogP contribution in [0, 0.1) is 0 Å². The summed E-state index contributed by atoms with van der Waals surface area (Å²) in [5, 5.41) is 0. The molecule has 0 saturated carbocycles. The van der Waals surface area contributed by atoms with Crippen LogP contribution >= 0.6 is 0 Å². The average molecular weight is 286 g/mol. The van der Waals surface area contributed by atoms with Crippen LogP contribution in [-0.2, 0) is 16.4 Å². The number of ether oxygens (including phenoxy) is 1. The monoisotopic (exact) mass is 286 g/mol. The third-order valence-corrected chi connectivity index (χ3v) is 4.23. The predicted octanol–water partition coefficient (Wildman–Crippen LogP) is 0.896. The van der Waals surface area contributed by atoms with Crippen molar-refractivity contribution in [2.75, 3.05) is 26.0 Å². The highest BCUT2D eigenvalue weighted by molar-refractivity contribution is 7.89. The van der Waals surface area contributed by atoms with E-state index in [2.05, 4.69) is 4.72 Å². The molecule has 0 aliphatic rings. The number of benzene rings is 1. The van der Waals surface area contributed by atoms with Crippen LogP contribution in [0.4, 0.5) is 0 Å². The van der Waals surface area contributed by atoms with Gasteiger partial charge in [-0.05, 0) is 43.5 Å². The van der Waals surface area contributed by atoms with Crippen LogP contribution in [0.15, 0.2) is 24.3 Å². The number of rotatable bonds is 9. The fraction of sp³-hybridized carbons (Fsp3) is 0.538. The van der Waals surface area contributed by atoms with E-state index in [0.29, 0.717) is 25.9 Å². The smallest absolute Gasteiger partial charge is 0.211 e. The lowest BCUT2D eigenvalue weighted by Crippen LogP contribution is -2.28. The molecule has 108 valence electrons. The number of methoxy groups -OCH3 is 1. The molecule has 0 saturated heterocycles. The molecule has 0 unspecified atom stereocenters. The maximum atomic E-state index is 11.6. The van der Waals surface area contributed by atoms with Crippen LogP contribution in [0.5, 0.6) is 5.75 Å².